The highest BCUT2D eigenvalue weighted by atomic mass is 16.4. The fraction of sp³-hybridized carbons (Fsp3) is 0.778. The Labute approximate surface area is 78.5 Å². The second-order valence-electron chi connectivity index (χ2n) is 3.30. The highest BCUT2D eigenvalue weighted by molar-refractivity contribution is 5.82. The molecule has 0 spiro atoms. The first-order valence-electron chi connectivity index (χ1n) is 4.38. The summed E-state index contributed by atoms with van der Waals surface area (Å²) >= 11 is 0. The van der Waals surface area contributed by atoms with E-state index in [9.17, 15) is 9.59 Å². The van der Waals surface area contributed by atoms with Crippen molar-refractivity contribution in [3.05, 3.63) is 0 Å². The molecule has 0 aliphatic carbocycles. The summed E-state index contributed by atoms with van der Waals surface area (Å²) in [6.07, 6.45) is 0.745. The lowest BCUT2D eigenvalue weighted by atomic mass is 9.98. The van der Waals surface area contributed by atoms with Crippen molar-refractivity contribution < 1.29 is 14.7 Å². The van der Waals surface area contributed by atoms with Crippen LogP contribution in [0.5, 0.6) is 0 Å². The Balaban J connectivity index is 4.60. The second kappa shape index (κ2) is 4.84. The molecule has 0 bridgehead atoms. The molecule has 0 aliphatic rings. The first-order chi connectivity index (χ1) is 5.91. The summed E-state index contributed by atoms with van der Waals surface area (Å²) in [5.41, 5.74) is 0. The number of carboxylic acids is 1. The van der Waals surface area contributed by atoms with Gasteiger partial charge in [0.1, 0.15) is 6.04 Å². The van der Waals surface area contributed by atoms with Gasteiger partial charge < -0.3 is 10.0 Å². The van der Waals surface area contributed by atoms with Gasteiger partial charge in [-0.15, -0.1) is 0 Å². The number of hydrogen-bond donors (Lipinski definition) is 1. The molecule has 0 heterocycles. The molecule has 2 unspecified atom stereocenters. The summed E-state index contributed by atoms with van der Waals surface area (Å²) in [7, 11) is 1.52. The van der Waals surface area contributed by atoms with E-state index in [1.165, 1.54) is 18.9 Å². The number of carbonyl (C=O) groups is 2. The van der Waals surface area contributed by atoms with Crippen LogP contribution >= 0.6 is 0 Å². The first kappa shape index (κ1) is 11.9. The zero-order valence-electron chi connectivity index (χ0n) is 8.57. The van der Waals surface area contributed by atoms with Gasteiger partial charge in [0.05, 0.1) is 0 Å². The molecule has 4 heteroatoms. The molecule has 4 nitrogen and oxygen atoms in total. The van der Waals surface area contributed by atoms with Crippen LogP contribution in [0.4, 0.5) is 0 Å². The maximum atomic E-state index is 11.0. The predicted octanol–water partition coefficient (Wildman–Crippen LogP) is 0.964. The average Bonchev–Trinajstić information content (AvgIpc) is 2.03. The lowest BCUT2D eigenvalue weighted by molar-refractivity contribution is -0.150. The van der Waals surface area contributed by atoms with E-state index >= 15 is 0 Å². The summed E-state index contributed by atoms with van der Waals surface area (Å²) < 4.78 is 0. The summed E-state index contributed by atoms with van der Waals surface area (Å²) in [6.45, 7) is 5.12. The van der Waals surface area contributed by atoms with Crippen LogP contribution in [0.15, 0.2) is 0 Å². The summed E-state index contributed by atoms with van der Waals surface area (Å²) in [4.78, 5) is 23.1. The fourth-order valence-electron chi connectivity index (χ4n) is 1.21. The quantitative estimate of drug-likeness (QED) is 0.713. The number of amides is 1. The van der Waals surface area contributed by atoms with Crippen molar-refractivity contribution >= 4 is 11.9 Å². The van der Waals surface area contributed by atoms with E-state index in [1.807, 2.05) is 13.8 Å². The average molecular weight is 187 g/mol. The van der Waals surface area contributed by atoms with Crippen molar-refractivity contribution in [1.82, 2.24) is 4.90 Å². The van der Waals surface area contributed by atoms with Crippen molar-refractivity contribution in [1.29, 1.82) is 0 Å². The summed E-state index contributed by atoms with van der Waals surface area (Å²) in [5, 5.41) is 8.90. The minimum atomic E-state index is -0.938. The molecule has 1 N–H and O–H groups in total. The van der Waals surface area contributed by atoms with E-state index in [2.05, 4.69) is 0 Å². The zero-order valence-corrected chi connectivity index (χ0v) is 8.57. The number of carbonyl (C=O) groups excluding carboxylic acids is 1. The summed E-state index contributed by atoms with van der Waals surface area (Å²) in [5.74, 6) is -1.17. The molecule has 0 fully saturated rings. The van der Waals surface area contributed by atoms with Gasteiger partial charge in [-0.05, 0) is 5.92 Å². The number of hydrogen-bond acceptors (Lipinski definition) is 2. The number of aliphatic carboxylic acids is 1. The minimum absolute atomic E-state index is 0.0219. The first-order valence-corrected chi connectivity index (χ1v) is 4.38. The molecule has 0 rings (SSSR count). The molecule has 0 aromatic carbocycles. The lowest BCUT2D eigenvalue weighted by Crippen LogP contribution is -2.45. The third kappa shape index (κ3) is 3.05. The molecule has 13 heavy (non-hydrogen) atoms. The Morgan fingerprint density at radius 1 is 1.46 bits per heavy atom. The summed E-state index contributed by atoms with van der Waals surface area (Å²) in [6, 6.07) is -0.706. The van der Waals surface area contributed by atoms with Gasteiger partial charge in [-0.2, -0.15) is 0 Å². The largest absolute Gasteiger partial charge is 0.480 e. The standard InChI is InChI=1S/C9H17NO3/c1-5-6(2)8(9(12)13)10(4)7(3)11/h6,8H,5H2,1-4H3,(H,12,13). The Bertz CT molecular complexity index is 203. The van der Waals surface area contributed by atoms with Crippen LogP contribution in [0.25, 0.3) is 0 Å². The van der Waals surface area contributed by atoms with E-state index in [4.69, 9.17) is 5.11 Å². The van der Waals surface area contributed by atoms with Crippen LogP contribution in [0.1, 0.15) is 27.2 Å². The zero-order chi connectivity index (χ0) is 10.6. The van der Waals surface area contributed by atoms with Gasteiger partial charge in [0, 0.05) is 14.0 Å². The Morgan fingerprint density at radius 3 is 2.15 bits per heavy atom. The van der Waals surface area contributed by atoms with E-state index in [1.54, 1.807) is 0 Å². The van der Waals surface area contributed by atoms with E-state index < -0.39 is 12.0 Å². The normalized spacial score (nSPS) is 14.8. The topological polar surface area (TPSA) is 57.6 Å². The molecule has 0 aliphatic heterocycles. The van der Waals surface area contributed by atoms with Gasteiger partial charge in [-0.3, -0.25) is 4.79 Å². The molecule has 76 valence electrons. The fourth-order valence-corrected chi connectivity index (χ4v) is 1.21. The van der Waals surface area contributed by atoms with Crippen LogP contribution in [-0.2, 0) is 9.59 Å². The van der Waals surface area contributed by atoms with Crippen LogP contribution in [0, 0.1) is 5.92 Å². The molecule has 0 radical (unpaired) electrons. The van der Waals surface area contributed by atoms with Crippen LogP contribution in [-0.4, -0.2) is 35.0 Å². The highest BCUT2D eigenvalue weighted by Gasteiger charge is 2.28. The van der Waals surface area contributed by atoms with Crippen LogP contribution in [0.2, 0.25) is 0 Å². The molecule has 0 aromatic rings. The van der Waals surface area contributed by atoms with Gasteiger partial charge in [0.25, 0.3) is 0 Å². The molecule has 2 atom stereocenters. The molecular formula is C9H17NO3. The molecular weight excluding hydrogens is 170 g/mol. The highest BCUT2D eigenvalue weighted by Crippen LogP contribution is 2.13. The number of carboxylic acid groups (broad SMARTS) is 1. The molecule has 0 aromatic heterocycles. The Kier molecular flexibility index (Phi) is 4.45. The maximum absolute atomic E-state index is 11.0. The maximum Gasteiger partial charge on any atom is 0.326 e. The second-order valence-corrected chi connectivity index (χ2v) is 3.30. The van der Waals surface area contributed by atoms with E-state index in [-0.39, 0.29) is 11.8 Å². The van der Waals surface area contributed by atoms with Crippen molar-refractivity contribution in [2.75, 3.05) is 7.05 Å². The van der Waals surface area contributed by atoms with Gasteiger partial charge >= 0.3 is 5.97 Å². The van der Waals surface area contributed by atoms with Crippen molar-refractivity contribution in [2.24, 2.45) is 5.92 Å². The van der Waals surface area contributed by atoms with E-state index in [0.29, 0.717) is 0 Å². The van der Waals surface area contributed by atoms with Gasteiger partial charge in [-0.25, -0.2) is 4.79 Å². The van der Waals surface area contributed by atoms with Crippen LogP contribution in [0.3, 0.4) is 0 Å². The molecule has 0 saturated carbocycles. The SMILES string of the molecule is CCC(C)C(C(=O)O)N(C)C(C)=O. The number of rotatable bonds is 4. The monoisotopic (exact) mass is 187 g/mol. The van der Waals surface area contributed by atoms with Crippen molar-refractivity contribution in [3.63, 3.8) is 0 Å². The lowest BCUT2D eigenvalue weighted by Gasteiger charge is -2.27. The Morgan fingerprint density at radius 2 is 1.92 bits per heavy atom. The minimum Gasteiger partial charge on any atom is -0.480 e. The number of nitrogens with zero attached hydrogens (tertiary/aromatic N) is 1. The number of likely N-dealkylation sites (N-methyl/N-ethyl adjacent to an activating group) is 1. The van der Waals surface area contributed by atoms with Crippen molar-refractivity contribution in [3.8, 4) is 0 Å². The van der Waals surface area contributed by atoms with Crippen LogP contribution < -0.4 is 0 Å². The third-order valence-electron chi connectivity index (χ3n) is 2.35. The van der Waals surface area contributed by atoms with E-state index in [0.717, 1.165) is 6.42 Å². The molecule has 0 saturated heterocycles. The smallest absolute Gasteiger partial charge is 0.326 e. The molecule has 1 amide bonds. The van der Waals surface area contributed by atoms with Crippen molar-refractivity contribution in [2.45, 2.75) is 33.2 Å². The predicted molar refractivity (Wildman–Crippen MR) is 49.3 cm³/mol. The van der Waals surface area contributed by atoms with Gasteiger partial charge in [-0.1, -0.05) is 20.3 Å². The van der Waals surface area contributed by atoms with Gasteiger partial charge in [0.2, 0.25) is 5.91 Å². The van der Waals surface area contributed by atoms with Gasteiger partial charge in [0.15, 0.2) is 0 Å². The Hall–Kier alpha value is -1.06. The third-order valence-corrected chi connectivity index (χ3v) is 2.35.